The normalized spacial score (nSPS) is 18.6. The van der Waals surface area contributed by atoms with Crippen LogP contribution in [0.15, 0.2) is 54.6 Å². The minimum absolute atomic E-state index is 0.00913. The first-order valence-electron chi connectivity index (χ1n) is 9.89. The lowest BCUT2D eigenvalue weighted by molar-refractivity contribution is -0.0285. The molecule has 1 N–H and O–H groups in total. The second-order valence-electron chi connectivity index (χ2n) is 7.28. The first-order valence-corrected chi connectivity index (χ1v) is 9.89. The smallest absolute Gasteiger partial charge is 0.118 e. The van der Waals surface area contributed by atoms with E-state index in [1.807, 2.05) is 30.3 Å². The van der Waals surface area contributed by atoms with Gasteiger partial charge in [-0.05, 0) is 29.7 Å². The van der Waals surface area contributed by atoms with Crippen LogP contribution in [0, 0.1) is 0 Å². The topological polar surface area (TPSA) is 41.9 Å². The Balaban J connectivity index is 1.98. The van der Waals surface area contributed by atoms with Crippen LogP contribution < -0.4 is 4.74 Å². The van der Waals surface area contributed by atoms with Gasteiger partial charge >= 0.3 is 0 Å². The number of ether oxygens (including phenoxy) is 2. The van der Waals surface area contributed by atoms with Crippen molar-refractivity contribution < 1.29 is 14.6 Å². The summed E-state index contributed by atoms with van der Waals surface area (Å²) in [6, 6.07) is 18.3. The average molecular weight is 370 g/mol. The molecule has 0 aromatic heterocycles. The molecule has 0 bridgehead atoms. The van der Waals surface area contributed by atoms with Crippen molar-refractivity contribution in [1.82, 2.24) is 4.90 Å². The molecule has 1 saturated heterocycles. The van der Waals surface area contributed by atoms with Gasteiger partial charge in [0.05, 0.1) is 25.9 Å². The quantitative estimate of drug-likeness (QED) is 0.769. The maximum atomic E-state index is 12.0. The summed E-state index contributed by atoms with van der Waals surface area (Å²) >= 11 is 0. The van der Waals surface area contributed by atoms with Crippen LogP contribution in [-0.2, 0) is 10.3 Å². The molecule has 0 radical (unpaired) electrons. The molecule has 1 heterocycles. The fraction of sp³-hybridized carbons (Fsp3) is 0.478. The van der Waals surface area contributed by atoms with Gasteiger partial charge in [0.25, 0.3) is 0 Å². The Morgan fingerprint density at radius 2 is 1.74 bits per heavy atom. The molecule has 2 atom stereocenters. The molecule has 1 fully saturated rings. The van der Waals surface area contributed by atoms with Crippen molar-refractivity contribution in [2.45, 2.75) is 31.3 Å². The monoisotopic (exact) mass is 369 g/mol. The molecule has 4 nitrogen and oxygen atoms in total. The van der Waals surface area contributed by atoms with Crippen molar-refractivity contribution in [3.8, 4) is 5.75 Å². The number of benzene rings is 2. The molecule has 0 saturated carbocycles. The largest absolute Gasteiger partial charge is 0.497 e. The van der Waals surface area contributed by atoms with Gasteiger partial charge in [0.15, 0.2) is 0 Å². The van der Waals surface area contributed by atoms with Gasteiger partial charge in [-0.2, -0.15) is 0 Å². The van der Waals surface area contributed by atoms with Crippen LogP contribution in [-0.4, -0.2) is 50.0 Å². The van der Waals surface area contributed by atoms with Crippen molar-refractivity contribution in [3.63, 3.8) is 0 Å². The van der Waals surface area contributed by atoms with Gasteiger partial charge in [0.1, 0.15) is 5.75 Å². The summed E-state index contributed by atoms with van der Waals surface area (Å²) in [5.41, 5.74) is 1.20. The number of aliphatic hydroxyl groups is 1. The van der Waals surface area contributed by atoms with Crippen molar-refractivity contribution in [1.29, 1.82) is 0 Å². The van der Waals surface area contributed by atoms with Crippen LogP contribution >= 0.6 is 0 Å². The zero-order chi connectivity index (χ0) is 19.1. The van der Waals surface area contributed by atoms with Gasteiger partial charge in [-0.15, -0.1) is 0 Å². The number of hydrogen-bond acceptors (Lipinski definition) is 4. The average Bonchev–Trinajstić information content (AvgIpc) is 2.73. The van der Waals surface area contributed by atoms with Gasteiger partial charge in [-0.1, -0.05) is 55.8 Å². The zero-order valence-electron chi connectivity index (χ0n) is 16.4. The fourth-order valence-electron chi connectivity index (χ4n) is 4.04. The molecule has 27 heavy (non-hydrogen) atoms. The number of hydrogen-bond donors (Lipinski definition) is 1. The lowest BCUT2D eigenvalue weighted by atomic mass is 9.74. The SMILES string of the molecule is CCC[C@@](O)(c1ccc(OC)cc1)[C@H](CN1CCOCC1)c1ccccc1. The van der Waals surface area contributed by atoms with E-state index in [1.165, 1.54) is 5.56 Å². The number of morpholine rings is 1. The standard InChI is InChI=1S/C23H31NO3/c1-3-13-23(25,20-9-11-21(26-2)12-10-20)22(19-7-5-4-6-8-19)18-24-14-16-27-17-15-24/h4-12,22,25H,3,13-18H2,1-2H3/t22-,23-/m1/s1. The second kappa shape index (κ2) is 9.36. The van der Waals surface area contributed by atoms with Gasteiger partial charge in [0.2, 0.25) is 0 Å². The maximum Gasteiger partial charge on any atom is 0.118 e. The zero-order valence-corrected chi connectivity index (χ0v) is 16.4. The van der Waals surface area contributed by atoms with E-state index < -0.39 is 5.60 Å². The maximum absolute atomic E-state index is 12.0. The van der Waals surface area contributed by atoms with Crippen LogP contribution in [0.25, 0.3) is 0 Å². The highest BCUT2D eigenvalue weighted by Gasteiger charge is 2.39. The van der Waals surface area contributed by atoms with Crippen molar-refractivity contribution >= 4 is 0 Å². The van der Waals surface area contributed by atoms with Crippen LogP contribution in [0.4, 0.5) is 0 Å². The third-order valence-corrected chi connectivity index (χ3v) is 5.54. The Hall–Kier alpha value is -1.88. The summed E-state index contributed by atoms with van der Waals surface area (Å²) < 4.78 is 10.8. The Labute approximate surface area is 162 Å². The van der Waals surface area contributed by atoms with Gasteiger partial charge in [-0.25, -0.2) is 0 Å². The van der Waals surface area contributed by atoms with E-state index in [0.717, 1.165) is 50.6 Å². The third kappa shape index (κ3) is 4.70. The van der Waals surface area contributed by atoms with Crippen molar-refractivity contribution in [2.24, 2.45) is 0 Å². The van der Waals surface area contributed by atoms with Crippen molar-refractivity contribution in [2.75, 3.05) is 40.0 Å². The molecule has 146 valence electrons. The summed E-state index contributed by atoms with van der Waals surface area (Å²) in [5.74, 6) is 0.798. The Kier molecular flexibility index (Phi) is 6.89. The second-order valence-corrected chi connectivity index (χ2v) is 7.28. The molecule has 0 aliphatic carbocycles. The highest BCUT2D eigenvalue weighted by atomic mass is 16.5. The molecule has 4 heteroatoms. The summed E-state index contributed by atoms with van der Waals surface area (Å²) in [7, 11) is 1.67. The van der Waals surface area contributed by atoms with Gasteiger partial charge < -0.3 is 14.6 Å². The lowest BCUT2D eigenvalue weighted by Gasteiger charge is -2.41. The highest BCUT2D eigenvalue weighted by Crippen LogP contribution is 2.41. The first-order chi connectivity index (χ1) is 13.2. The van der Waals surface area contributed by atoms with Crippen molar-refractivity contribution in [3.05, 3.63) is 65.7 Å². The summed E-state index contributed by atoms with van der Waals surface area (Å²) in [6.07, 6.45) is 1.62. The van der Waals surface area contributed by atoms with E-state index in [1.54, 1.807) is 7.11 Å². The van der Waals surface area contributed by atoms with E-state index in [2.05, 4.69) is 36.1 Å². The molecule has 3 rings (SSSR count). The number of nitrogens with zero attached hydrogens (tertiary/aromatic N) is 1. The van der Waals surface area contributed by atoms with Gasteiger partial charge in [-0.3, -0.25) is 4.90 Å². The predicted octanol–water partition coefficient (Wildman–Crippen LogP) is 3.80. The number of rotatable bonds is 8. The Morgan fingerprint density at radius 3 is 2.33 bits per heavy atom. The predicted molar refractivity (Wildman–Crippen MR) is 108 cm³/mol. The molecule has 1 aliphatic heterocycles. The lowest BCUT2D eigenvalue weighted by Crippen LogP contribution is -2.45. The Morgan fingerprint density at radius 1 is 1.07 bits per heavy atom. The van der Waals surface area contributed by atoms with Gasteiger partial charge in [0, 0.05) is 25.6 Å². The molecule has 0 unspecified atom stereocenters. The van der Waals surface area contributed by atoms with Crippen LogP contribution in [0.3, 0.4) is 0 Å². The molecule has 0 spiro atoms. The van der Waals surface area contributed by atoms with E-state index in [4.69, 9.17) is 9.47 Å². The summed E-state index contributed by atoms with van der Waals surface area (Å²) in [5, 5.41) is 12.0. The Bertz CT molecular complexity index is 683. The fourth-order valence-corrected chi connectivity index (χ4v) is 4.04. The van der Waals surface area contributed by atoms with Crippen LogP contribution in [0.2, 0.25) is 0 Å². The summed E-state index contributed by atoms with van der Waals surface area (Å²) in [6.45, 7) is 6.29. The molecule has 2 aromatic carbocycles. The number of methoxy groups -OCH3 is 1. The minimum atomic E-state index is -0.930. The van der Waals surface area contributed by atoms with Crippen LogP contribution in [0.5, 0.6) is 5.75 Å². The molecule has 0 amide bonds. The highest BCUT2D eigenvalue weighted by molar-refractivity contribution is 5.35. The first kappa shape index (κ1) is 19.9. The molecule has 2 aromatic rings. The minimum Gasteiger partial charge on any atom is -0.497 e. The third-order valence-electron chi connectivity index (χ3n) is 5.54. The van der Waals surface area contributed by atoms with Crippen LogP contribution in [0.1, 0.15) is 36.8 Å². The van der Waals surface area contributed by atoms with E-state index in [-0.39, 0.29) is 5.92 Å². The molecular weight excluding hydrogens is 338 g/mol. The molecule has 1 aliphatic rings. The van der Waals surface area contributed by atoms with E-state index in [0.29, 0.717) is 6.42 Å². The molecular formula is C23H31NO3. The summed E-state index contributed by atoms with van der Waals surface area (Å²) in [4.78, 5) is 2.41. The van der Waals surface area contributed by atoms with E-state index in [9.17, 15) is 5.11 Å². The van der Waals surface area contributed by atoms with E-state index >= 15 is 0 Å².